The highest BCUT2D eigenvalue weighted by atomic mass is 16.7. The molecule has 1 rings (SSSR count). The van der Waals surface area contributed by atoms with Crippen LogP contribution in [0.2, 0.25) is 0 Å². The van der Waals surface area contributed by atoms with Crippen molar-refractivity contribution in [1.82, 2.24) is 5.32 Å². The van der Waals surface area contributed by atoms with Crippen molar-refractivity contribution in [2.24, 2.45) is 0 Å². The number of hydrogen-bond acceptors (Lipinski definition) is 10. The lowest BCUT2D eigenvalue weighted by Gasteiger charge is -2.40. The number of carbonyl (C=O) groups excluding carboxylic acids is 2. The minimum Gasteiger partial charge on any atom is -0.466 e. The third-order valence-corrected chi connectivity index (χ3v) is 15.0. The highest BCUT2D eigenvalue weighted by molar-refractivity contribution is 5.76. The number of esters is 1. The Labute approximate surface area is 483 Å². The molecule has 0 bridgehead atoms. The number of aliphatic hydroxyl groups is 5. The van der Waals surface area contributed by atoms with Crippen molar-refractivity contribution >= 4 is 11.9 Å². The van der Waals surface area contributed by atoms with Crippen molar-refractivity contribution in [3.8, 4) is 0 Å². The molecular weight excluding hydrogens is 991 g/mol. The van der Waals surface area contributed by atoms with Crippen molar-refractivity contribution in [1.29, 1.82) is 0 Å². The maximum Gasteiger partial charge on any atom is 0.305 e. The molecule has 0 radical (unpaired) electrons. The fourth-order valence-corrected chi connectivity index (χ4v) is 9.79. The number of nitrogens with one attached hydrogen (secondary N) is 1. The van der Waals surface area contributed by atoms with E-state index in [0.29, 0.717) is 19.4 Å². The van der Waals surface area contributed by atoms with Gasteiger partial charge in [-0.25, -0.2) is 0 Å². The van der Waals surface area contributed by atoms with Crippen LogP contribution in [0.5, 0.6) is 0 Å². The topological polar surface area (TPSA) is 175 Å². The second-order valence-electron chi connectivity index (χ2n) is 22.4. The lowest BCUT2D eigenvalue weighted by Crippen LogP contribution is -2.60. The largest absolute Gasteiger partial charge is 0.466 e. The van der Waals surface area contributed by atoms with Crippen LogP contribution in [-0.4, -0.2) is 100 Å². The average Bonchev–Trinajstić information content (AvgIpc) is 3.46. The van der Waals surface area contributed by atoms with Gasteiger partial charge in [-0.15, -0.1) is 0 Å². The average molecular weight is 1110 g/mol. The zero-order valence-electron chi connectivity index (χ0n) is 50.6. The van der Waals surface area contributed by atoms with Crippen LogP contribution in [-0.2, 0) is 23.8 Å². The van der Waals surface area contributed by atoms with Gasteiger partial charge in [0.05, 0.1) is 32.0 Å². The van der Waals surface area contributed by atoms with Crippen LogP contribution in [0.3, 0.4) is 0 Å². The quantitative estimate of drug-likeness (QED) is 0.0195. The molecule has 1 amide bonds. The zero-order valence-corrected chi connectivity index (χ0v) is 50.6. The fraction of sp³-hybridized carbons (Fsp3) is 0.794. The second-order valence-corrected chi connectivity index (χ2v) is 22.4. The highest BCUT2D eigenvalue weighted by Crippen LogP contribution is 2.23. The SMILES string of the molecule is CCCC/C=C\C/C=C\CCCCCCCC(=O)OCCCCCCCCCCC/C=C\C/C=C\CCCCCCCCCCCCCC(=O)NC(COC1OC(CO)C(O)C(O)C1O)C(O)/C=C/CC/C=C/CCCCCC. The smallest absolute Gasteiger partial charge is 0.305 e. The van der Waals surface area contributed by atoms with Crippen LogP contribution in [0.15, 0.2) is 72.9 Å². The van der Waals surface area contributed by atoms with E-state index >= 15 is 0 Å². The molecule has 0 aliphatic carbocycles. The summed E-state index contributed by atoms with van der Waals surface area (Å²) >= 11 is 0. The van der Waals surface area contributed by atoms with Gasteiger partial charge < -0.3 is 45.1 Å². The van der Waals surface area contributed by atoms with Crippen LogP contribution < -0.4 is 5.32 Å². The molecule has 1 aliphatic heterocycles. The molecule has 7 atom stereocenters. The summed E-state index contributed by atoms with van der Waals surface area (Å²) in [5, 5.41) is 54.3. The van der Waals surface area contributed by atoms with Gasteiger partial charge in [-0.05, 0) is 103 Å². The molecule has 0 aromatic heterocycles. The molecule has 458 valence electrons. The van der Waals surface area contributed by atoms with E-state index in [1.165, 1.54) is 167 Å². The summed E-state index contributed by atoms with van der Waals surface area (Å²) in [6, 6.07) is -0.830. The Hall–Kier alpha value is -2.90. The van der Waals surface area contributed by atoms with Crippen molar-refractivity contribution < 1.29 is 49.3 Å². The zero-order chi connectivity index (χ0) is 57.3. The van der Waals surface area contributed by atoms with Gasteiger partial charge in [0.1, 0.15) is 24.4 Å². The molecule has 6 N–H and O–H groups in total. The summed E-state index contributed by atoms with van der Waals surface area (Å²) in [6.45, 7) is 4.24. The number of allylic oxidation sites excluding steroid dienone is 11. The van der Waals surface area contributed by atoms with Gasteiger partial charge in [0.25, 0.3) is 0 Å². The number of hydrogen-bond donors (Lipinski definition) is 6. The standard InChI is InChI=1S/C68H121NO10/c1-3-5-7-9-11-13-15-16-33-36-40-44-48-52-56-64(73)77-57-53-49-45-41-37-34-31-29-27-25-23-21-19-17-18-20-22-24-26-28-30-32-35-39-43-47-51-55-63(72)69-60(59-78-68-67(76)66(75)65(74)62(58-70)79-68)61(71)54-50-46-42-38-14-12-10-8-6-4-2/h9,11,14-18,21,23,38,50,54,60-62,65-68,70-71,74-76H,3-8,10,12-13,19-20,22,24-37,39-49,51-53,55-59H2,1-2H3,(H,69,72)/b11-9-,16-15-,18-17-,23-21-,38-14+,54-50+. The van der Waals surface area contributed by atoms with Crippen LogP contribution >= 0.6 is 0 Å². The van der Waals surface area contributed by atoms with E-state index in [2.05, 4.69) is 79.9 Å². The summed E-state index contributed by atoms with van der Waals surface area (Å²) in [5.41, 5.74) is 0. The van der Waals surface area contributed by atoms with Crippen molar-refractivity contribution in [2.75, 3.05) is 19.8 Å². The Morgan fingerprint density at radius 1 is 0.468 bits per heavy atom. The minimum atomic E-state index is -1.58. The Bertz CT molecular complexity index is 1540. The molecule has 0 saturated carbocycles. The number of rotatable bonds is 56. The van der Waals surface area contributed by atoms with E-state index in [1.54, 1.807) is 6.08 Å². The number of amides is 1. The van der Waals surface area contributed by atoms with Crippen LogP contribution in [0.25, 0.3) is 0 Å². The van der Waals surface area contributed by atoms with Gasteiger partial charge in [-0.3, -0.25) is 9.59 Å². The monoisotopic (exact) mass is 1110 g/mol. The third kappa shape index (κ3) is 46.3. The number of aliphatic hydroxyl groups excluding tert-OH is 5. The van der Waals surface area contributed by atoms with Crippen LogP contribution in [0, 0.1) is 0 Å². The summed E-state index contributed by atoms with van der Waals surface area (Å²) < 4.78 is 16.7. The molecular formula is C68H121NO10. The van der Waals surface area contributed by atoms with Crippen molar-refractivity contribution in [3.63, 3.8) is 0 Å². The molecule has 1 heterocycles. The molecule has 0 aromatic rings. The molecule has 1 fully saturated rings. The Balaban J connectivity index is 1.99. The number of unbranched alkanes of at least 4 members (excludes halogenated alkanes) is 32. The first-order valence-corrected chi connectivity index (χ1v) is 32.7. The normalized spacial score (nSPS) is 18.9. The predicted molar refractivity (Wildman–Crippen MR) is 329 cm³/mol. The highest BCUT2D eigenvalue weighted by Gasteiger charge is 2.44. The van der Waals surface area contributed by atoms with Crippen LogP contribution in [0.4, 0.5) is 0 Å². The number of carbonyl (C=O) groups is 2. The van der Waals surface area contributed by atoms with Gasteiger partial charge in [-0.1, -0.05) is 241 Å². The Morgan fingerprint density at radius 3 is 1.37 bits per heavy atom. The van der Waals surface area contributed by atoms with Gasteiger partial charge >= 0.3 is 5.97 Å². The molecule has 1 aliphatic rings. The maximum absolute atomic E-state index is 13.0. The molecule has 11 nitrogen and oxygen atoms in total. The molecule has 0 spiro atoms. The van der Waals surface area contributed by atoms with Gasteiger partial charge in [0.2, 0.25) is 5.91 Å². The molecule has 7 unspecified atom stereocenters. The van der Waals surface area contributed by atoms with Gasteiger partial charge in [0, 0.05) is 12.8 Å². The Morgan fingerprint density at radius 2 is 0.873 bits per heavy atom. The lowest BCUT2D eigenvalue weighted by atomic mass is 9.99. The molecule has 0 aromatic carbocycles. The first-order chi connectivity index (χ1) is 38.7. The summed E-state index contributed by atoms with van der Waals surface area (Å²) in [7, 11) is 0. The van der Waals surface area contributed by atoms with Crippen LogP contribution in [0.1, 0.15) is 284 Å². The maximum atomic E-state index is 13.0. The lowest BCUT2D eigenvalue weighted by molar-refractivity contribution is -0.302. The van der Waals surface area contributed by atoms with E-state index in [9.17, 15) is 35.1 Å². The summed E-state index contributed by atoms with van der Waals surface area (Å²) in [6.07, 6.45) is 66.0. The summed E-state index contributed by atoms with van der Waals surface area (Å²) in [4.78, 5) is 25.1. The molecule has 1 saturated heterocycles. The predicted octanol–water partition coefficient (Wildman–Crippen LogP) is 16.0. The number of ether oxygens (including phenoxy) is 3. The fourth-order valence-electron chi connectivity index (χ4n) is 9.79. The van der Waals surface area contributed by atoms with E-state index in [1.807, 2.05) is 6.08 Å². The first kappa shape index (κ1) is 74.1. The molecule has 11 heteroatoms. The second kappa shape index (κ2) is 56.9. The van der Waals surface area contributed by atoms with Crippen molar-refractivity contribution in [3.05, 3.63) is 72.9 Å². The van der Waals surface area contributed by atoms with E-state index in [4.69, 9.17) is 14.2 Å². The molecule has 79 heavy (non-hydrogen) atoms. The first-order valence-electron chi connectivity index (χ1n) is 32.7. The van der Waals surface area contributed by atoms with E-state index in [0.717, 1.165) is 89.9 Å². The minimum absolute atomic E-state index is 0.0148. The third-order valence-electron chi connectivity index (χ3n) is 15.0. The Kier molecular flexibility index (Phi) is 53.4. The summed E-state index contributed by atoms with van der Waals surface area (Å²) in [5.74, 6) is -0.213. The van der Waals surface area contributed by atoms with Gasteiger partial charge in [-0.2, -0.15) is 0 Å². The van der Waals surface area contributed by atoms with Crippen molar-refractivity contribution in [2.45, 2.75) is 326 Å². The van der Waals surface area contributed by atoms with E-state index < -0.39 is 49.5 Å². The van der Waals surface area contributed by atoms with E-state index in [-0.39, 0.29) is 18.5 Å². The van der Waals surface area contributed by atoms with Gasteiger partial charge in [0.15, 0.2) is 6.29 Å².